The van der Waals surface area contributed by atoms with Crippen LogP contribution >= 0.6 is 0 Å². The van der Waals surface area contributed by atoms with Gasteiger partial charge in [0.05, 0.1) is 6.26 Å². The summed E-state index contributed by atoms with van der Waals surface area (Å²) in [4.78, 5) is 2.57. The van der Waals surface area contributed by atoms with Gasteiger partial charge in [-0.25, -0.2) is 0 Å². The van der Waals surface area contributed by atoms with Crippen LogP contribution in [0.3, 0.4) is 0 Å². The van der Waals surface area contributed by atoms with Gasteiger partial charge < -0.3 is 14.6 Å². The van der Waals surface area contributed by atoms with E-state index in [9.17, 15) is 0 Å². The van der Waals surface area contributed by atoms with Crippen LogP contribution in [-0.2, 0) is 6.42 Å². The first-order chi connectivity index (χ1) is 8.79. The zero-order valence-corrected chi connectivity index (χ0v) is 11.7. The van der Waals surface area contributed by atoms with Crippen molar-refractivity contribution in [1.82, 2.24) is 10.2 Å². The molecule has 102 valence electrons. The Morgan fingerprint density at radius 1 is 1.56 bits per heavy atom. The minimum absolute atomic E-state index is 0.606. The molecule has 0 radical (unpaired) electrons. The lowest BCUT2D eigenvalue weighted by Gasteiger charge is -2.35. The molecule has 1 aliphatic heterocycles. The average molecular weight is 250 g/mol. The first-order valence-corrected chi connectivity index (χ1v) is 7.27. The molecule has 3 heteroatoms. The number of furan rings is 1. The third-order valence-electron chi connectivity index (χ3n) is 4.11. The quantitative estimate of drug-likeness (QED) is 0.841. The topological polar surface area (TPSA) is 28.4 Å². The summed E-state index contributed by atoms with van der Waals surface area (Å²) >= 11 is 0. The van der Waals surface area contributed by atoms with E-state index in [1.54, 1.807) is 6.26 Å². The van der Waals surface area contributed by atoms with E-state index < -0.39 is 0 Å². The third kappa shape index (κ3) is 3.85. The lowest BCUT2D eigenvalue weighted by atomic mass is 9.91. The van der Waals surface area contributed by atoms with Crippen LogP contribution in [0, 0.1) is 5.92 Å². The van der Waals surface area contributed by atoms with Gasteiger partial charge in [0.25, 0.3) is 0 Å². The van der Waals surface area contributed by atoms with Crippen LogP contribution in [0.25, 0.3) is 0 Å². The van der Waals surface area contributed by atoms with Gasteiger partial charge >= 0.3 is 0 Å². The van der Waals surface area contributed by atoms with Crippen molar-refractivity contribution >= 4 is 0 Å². The van der Waals surface area contributed by atoms with Crippen LogP contribution < -0.4 is 5.32 Å². The van der Waals surface area contributed by atoms with Crippen LogP contribution in [0.5, 0.6) is 0 Å². The second-order valence-electron chi connectivity index (χ2n) is 5.37. The van der Waals surface area contributed by atoms with Gasteiger partial charge in [0.15, 0.2) is 0 Å². The first kappa shape index (κ1) is 13.6. The van der Waals surface area contributed by atoms with Gasteiger partial charge in [-0.15, -0.1) is 0 Å². The molecule has 0 aliphatic carbocycles. The molecule has 0 spiro atoms. The van der Waals surface area contributed by atoms with Crippen LogP contribution in [0.2, 0.25) is 0 Å². The van der Waals surface area contributed by atoms with E-state index in [2.05, 4.69) is 24.1 Å². The molecule has 1 N–H and O–H groups in total. The van der Waals surface area contributed by atoms with E-state index in [-0.39, 0.29) is 0 Å². The number of piperidine rings is 1. The second-order valence-corrected chi connectivity index (χ2v) is 5.37. The molecule has 1 aliphatic rings. The van der Waals surface area contributed by atoms with Crippen molar-refractivity contribution < 1.29 is 4.42 Å². The molecule has 1 aromatic heterocycles. The Kier molecular flexibility index (Phi) is 5.26. The number of nitrogens with zero attached hydrogens (tertiary/aromatic N) is 1. The van der Waals surface area contributed by atoms with Crippen molar-refractivity contribution in [3.63, 3.8) is 0 Å². The normalized spacial score (nSPS) is 23.1. The molecule has 3 nitrogen and oxygen atoms in total. The molecule has 1 aromatic rings. The SMILES string of the molecule is CCN1CCCC(C(C)NCCc2ccco2)C1. The Morgan fingerprint density at radius 3 is 3.17 bits per heavy atom. The molecule has 18 heavy (non-hydrogen) atoms. The van der Waals surface area contributed by atoms with E-state index in [1.807, 2.05) is 12.1 Å². The van der Waals surface area contributed by atoms with E-state index in [0.29, 0.717) is 6.04 Å². The van der Waals surface area contributed by atoms with Crippen LogP contribution in [-0.4, -0.2) is 37.1 Å². The number of hydrogen-bond acceptors (Lipinski definition) is 3. The van der Waals surface area contributed by atoms with Crippen molar-refractivity contribution in [2.75, 3.05) is 26.2 Å². The maximum absolute atomic E-state index is 5.35. The molecule has 0 aromatic carbocycles. The minimum Gasteiger partial charge on any atom is -0.469 e. The minimum atomic E-state index is 0.606. The summed E-state index contributed by atoms with van der Waals surface area (Å²) in [7, 11) is 0. The fourth-order valence-corrected chi connectivity index (χ4v) is 2.83. The maximum Gasteiger partial charge on any atom is 0.105 e. The molecule has 1 saturated heterocycles. The Balaban J connectivity index is 1.68. The average Bonchev–Trinajstić information content (AvgIpc) is 2.92. The van der Waals surface area contributed by atoms with Gasteiger partial charge in [-0.05, 0) is 50.9 Å². The summed E-state index contributed by atoms with van der Waals surface area (Å²) in [5.41, 5.74) is 0. The predicted octanol–water partition coefficient (Wildman–Crippen LogP) is 2.53. The molecule has 1 fully saturated rings. The number of nitrogens with one attached hydrogen (secondary N) is 1. The first-order valence-electron chi connectivity index (χ1n) is 7.27. The van der Waals surface area contributed by atoms with E-state index >= 15 is 0 Å². The van der Waals surface area contributed by atoms with E-state index in [4.69, 9.17) is 4.42 Å². The molecule has 2 atom stereocenters. The number of rotatable bonds is 6. The second kappa shape index (κ2) is 6.95. The zero-order chi connectivity index (χ0) is 12.8. The van der Waals surface area contributed by atoms with Gasteiger partial charge in [-0.3, -0.25) is 0 Å². The van der Waals surface area contributed by atoms with Crippen LogP contribution in [0.1, 0.15) is 32.4 Å². The lowest BCUT2D eigenvalue weighted by Crippen LogP contribution is -2.44. The molecule has 2 heterocycles. The Bertz CT molecular complexity index is 323. The Hall–Kier alpha value is -0.800. The fraction of sp³-hybridized carbons (Fsp3) is 0.733. The molecule has 2 rings (SSSR count). The molecular formula is C15H26N2O. The van der Waals surface area contributed by atoms with Crippen LogP contribution in [0.4, 0.5) is 0 Å². The summed E-state index contributed by atoms with van der Waals surface area (Å²) in [6.45, 7) is 9.33. The van der Waals surface area contributed by atoms with Gasteiger partial charge in [0, 0.05) is 25.6 Å². The summed E-state index contributed by atoms with van der Waals surface area (Å²) in [5, 5.41) is 3.65. The van der Waals surface area contributed by atoms with Gasteiger partial charge in [0.2, 0.25) is 0 Å². The highest BCUT2D eigenvalue weighted by Crippen LogP contribution is 2.19. The zero-order valence-electron chi connectivity index (χ0n) is 11.7. The molecule has 0 amide bonds. The predicted molar refractivity (Wildman–Crippen MR) is 74.7 cm³/mol. The van der Waals surface area contributed by atoms with Gasteiger partial charge in [-0.1, -0.05) is 6.92 Å². The highest BCUT2D eigenvalue weighted by molar-refractivity contribution is 4.98. The van der Waals surface area contributed by atoms with Crippen molar-refractivity contribution in [2.45, 2.75) is 39.2 Å². The highest BCUT2D eigenvalue weighted by Gasteiger charge is 2.23. The summed E-state index contributed by atoms with van der Waals surface area (Å²) in [5.74, 6) is 1.88. The number of hydrogen-bond donors (Lipinski definition) is 1. The monoisotopic (exact) mass is 250 g/mol. The van der Waals surface area contributed by atoms with Crippen molar-refractivity contribution in [2.24, 2.45) is 5.92 Å². The number of likely N-dealkylation sites (tertiary alicyclic amines) is 1. The smallest absolute Gasteiger partial charge is 0.105 e. The lowest BCUT2D eigenvalue weighted by molar-refractivity contribution is 0.157. The Labute approximate surface area is 111 Å². The maximum atomic E-state index is 5.35. The summed E-state index contributed by atoms with van der Waals surface area (Å²) in [6.07, 6.45) is 5.45. The fourth-order valence-electron chi connectivity index (χ4n) is 2.83. The molecular weight excluding hydrogens is 224 g/mol. The van der Waals surface area contributed by atoms with E-state index in [1.165, 1.54) is 32.5 Å². The third-order valence-corrected chi connectivity index (χ3v) is 4.11. The van der Waals surface area contributed by atoms with E-state index in [0.717, 1.165) is 24.6 Å². The molecule has 0 bridgehead atoms. The highest BCUT2D eigenvalue weighted by atomic mass is 16.3. The van der Waals surface area contributed by atoms with Crippen molar-refractivity contribution in [1.29, 1.82) is 0 Å². The van der Waals surface area contributed by atoms with Gasteiger partial charge in [-0.2, -0.15) is 0 Å². The van der Waals surface area contributed by atoms with Crippen molar-refractivity contribution in [3.8, 4) is 0 Å². The van der Waals surface area contributed by atoms with Crippen LogP contribution in [0.15, 0.2) is 22.8 Å². The molecule has 2 unspecified atom stereocenters. The molecule has 0 saturated carbocycles. The summed E-state index contributed by atoms with van der Waals surface area (Å²) in [6, 6.07) is 4.61. The van der Waals surface area contributed by atoms with Crippen molar-refractivity contribution in [3.05, 3.63) is 24.2 Å². The standard InChI is InChI=1S/C15H26N2O/c1-3-17-10-4-6-14(12-17)13(2)16-9-8-15-7-5-11-18-15/h5,7,11,13-14,16H,3-4,6,8-10,12H2,1-2H3. The largest absolute Gasteiger partial charge is 0.469 e. The van der Waals surface area contributed by atoms with Gasteiger partial charge in [0.1, 0.15) is 5.76 Å². The summed E-state index contributed by atoms with van der Waals surface area (Å²) < 4.78 is 5.35. The Morgan fingerprint density at radius 2 is 2.44 bits per heavy atom.